The van der Waals surface area contributed by atoms with Crippen LogP contribution in [0.15, 0.2) is 54.7 Å². The zero-order valence-electron chi connectivity index (χ0n) is 22.4. The Labute approximate surface area is 251 Å². The molecule has 8 nitrogen and oxygen atoms in total. The van der Waals surface area contributed by atoms with E-state index in [9.17, 15) is 9.59 Å². The summed E-state index contributed by atoms with van der Waals surface area (Å²) in [5.41, 5.74) is 4.53. The molecule has 0 spiro atoms. The van der Waals surface area contributed by atoms with Gasteiger partial charge in [0, 0.05) is 63.0 Å². The van der Waals surface area contributed by atoms with Crippen molar-refractivity contribution in [2.75, 3.05) is 18.9 Å². The first kappa shape index (κ1) is 31.9. The molecule has 1 aliphatic rings. The van der Waals surface area contributed by atoms with E-state index in [4.69, 9.17) is 26.0 Å². The molecule has 1 aliphatic carbocycles. The Morgan fingerprint density at radius 1 is 1.15 bits per heavy atom. The summed E-state index contributed by atoms with van der Waals surface area (Å²) < 4.78 is 11.0. The van der Waals surface area contributed by atoms with Gasteiger partial charge in [0.05, 0.1) is 23.8 Å². The van der Waals surface area contributed by atoms with E-state index < -0.39 is 15.2 Å². The molecular formula is C28H33Cl3N4O4S. The Morgan fingerprint density at radius 2 is 1.80 bits per heavy atom. The summed E-state index contributed by atoms with van der Waals surface area (Å²) in [5.74, 6) is -0.625. The fourth-order valence-corrected chi connectivity index (χ4v) is 5.11. The van der Waals surface area contributed by atoms with E-state index in [0.29, 0.717) is 16.5 Å². The van der Waals surface area contributed by atoms with Crippen molar-refractivity contribution >= 4 is 59.8 Å². The van der Waals surface area contributed by atoms with Crippen molar-refractivity contribution in [1.29, 1.82) is 0 Å². The van der Waals surface area contributed by atoms with Crippen molar-refractivity contribution in [2.24, 2.45) is 5.92 Å². The number of anilines is 1. The van der Waals surface area contributed by atoms with E-state index in [1.54, 1.807) is 19.2 Å². The average molecular weight is 628 g/mol. The third-order valence-electron chi connectivity index (χ3n) is 6.93. The van der Waals surface area contributed by atoms with Gasteiger partial charge >= 0.3 is 5.97 Å². The Bertz CT molecular complexity index is 1310. The van der Waals surface area contributed by atoms with Crippen LogP contribution in [-0.4, -0.2) is 49.5 Å². The van der Waals surface area contributed by atoms with Gasteiger partial charge in [0.2, 0.25) is 9.23 Å². The van der Waals surface area contributed by atoms with E-state index in [1.807, 2.05) is 48.0 Å². The molecule has 0 saturated heterocycles. The number of carbonyl (C=O) groups is 2. The van der Waals surface area contributed by atoms with Crippen LogP contribution in [0.25, 0.3) is 5.69 Å². The van der Waals surface area contributed by atoms with Crippen LogP contribution in [0, 0.1) is 12.8 Å². The number of halogens is 3. The number of amides is 1. The summed E-state index contributed by atoms with van der Waals surface area (Å²) in [6.07, 6.45) is 8.06. The molecule has 12 heteroatoms. The molecule has 2 aromatic carbocycles. The Kier molecular flexibility index (Phi) is 12.3. The minimum Gasteiger partial charge on any atom is -0.481 e. The predicted octanol–water partition coefficient (Wildman–Crippen LogP) is 7.16. The quantitative estimate of drug-likeness (QED) is 0.244. The second kappa shape index (κ2) is 15.4. The van der Waals surface area contributed by atoms with Gasteiger partial charge in [-0.1, -0.05) is 36.9 Å². The molecule has 4 rings (SSSR count). The average Bonchev–Trinajstić information content (AvgIpc) is 3.31. The smallest absolute Gasteiger partial charge is 0.305 e. The van der Waals surface area contributed by atoms with Crippen molar-refractivity contribution in [3.8, 4) is 5.69 Å². The number of nitrogens with one attached hydrogen (secondary N) is 1. The first-order chi connectivity index (χ1) is 19.0. The van der Waals surface area contributed by atoms with Crippen LogP contribution >= 0.6 is 33.0 Å². The summed E-state index contributed by atoms with van der Waals surface area (Å²) in [5, 5.41) is 18.1. The molecule has 1 amide bonds. The molecule has 1 unspecified atom stereocenters. The van der Waals surface area contributed by atoms with Crippen molar-refractivity contribution in [1.82, 2.24) is 14.7 Å². The number of hydrogen-bond donors (Lipinski definition) is 2. The van der Waals surface area contributed by atoms with Crippen LogP contribution in [0.5, 0.6) is 0 Å². The molecule has 3 aromatic rings. The van der Waals surface area contributed by atoms with Crippen LogP contribution in [-0.2, 0) is 14.0 Å². The maximum atomic E-state index is 12.7. The van der Waals surface area contributed by atoms with Crippen LogP contribution in [0.3, 0.4) is 0 Å². The lowest BCUT2D eigenvalue weighted by molar-refractivity contribution is -0.137. The zero-order valence-corrected chi connectivity index (χ0v) is 25.4. The summed E-state index contributed by atoms with van der Waals surface area (Å²) in [6, 6.07) is 15.2. The predicted molar refractivity (Wildman–Crippen MR) is 162 cm³/mol. The Balaban J connectivity index is 0.00000103. The number of aromatic nitrogens is 2. The molecule has 0 bridgehead atoms. The van der Waals surface area contributed by atoms with E-state index in [2.05, 4.69) is 32.9 Å². The number of nitrogens with zero attached hydrogens (tertiary/aromatic N) is 3. The highest BCUT2D eigenvalue weighted by Gasteiger charge is 2.28. The maximum absolute atomic E-state index is 12.7. The third kappa shape index (κ3) is 9.51. The van der Waals surface area contributed by atoms with Gasteiger partial charge in [-0.25, -0.2) is 8.89 Å². The zero-order chi connectivity index (χ0) is 29.2. The molecule has 0 aliphatic heterocycles. The number of carboxylic acids is 1. The molecule has 2 N–H and O–H groups in total. The highest BCUT2D eigenvalue weighted by Crippen LogP contribution is 2.38. The number of carboxylic acid groups (broad SMARTS) is 1. The number of rotatable bonds is 9. The third-order valence-corrected chi connectivity index (χ3v) is 7.16. The second-order valence-electron chi connectivity index (χ2n) is 9.75. The molecule has 40 heavy (non-hydrogen) atoms. The van der Waals surface area contributed by atoms with E-state index in [0.717, 1.165) is 35.5 Å². The van der Waals surface area contributed by atoms with Crippen LogP contribution in [0.4, 0.5) is 5.69 Å². The van der Waals surface area contributed by atoms with Gasteiger partial charge in [-0.05, 0) is 68.1 Å². The SMILES string of the molecule is Cc1nn(-c2cccc(Cl)c2)cc1C(Nc1ccc(C(=O)N(C)CCC(=O)O)cc1)C1CCCCC1.O=S(Cl)Cl. The first-order valence-electron chi connectivity index (χ1n) is 13.0. The minimum absolute atomic E-state index is 0.0762. The molecular weight excluding hydrogens is 595 g/mol. The minimum atomic E-state index is -1.67. The van der Waals surface area contributed by atoms with Crippen molar-refractivity contribution in [3.63, 3.8) is 0 Å². The van der Waals surface area contributed by atoms with E-state index in [-0.39, 0.29) is 24.9 Å². The van der Waals surface area contributed by atoms with E-state index in [1.165, 1.54) is 24.2 Å². The molecule has 1 fully saturated rings. The van der Waals surface area contributed by atoms with Gasteiger partial charge in [0.1, 0.15) is 0 Å². The van der Waals surface area contributed by atoms with Crippen molar-refractivity contribution < 1.29 is 18.9 Å². The second-order valence-corrected chi connectivity index (χ2v) is 12.7. The lowest BCUT2D eigenvalue weighted by Gasteiger charge is -2.31. The van der Waals surface area contributed by atoms with Gasteiger partial charge in [0.15, 0.2) is 0 Å². The standard InChI is InChI=1S/C28H33ClN4O3.Cl2OS/c1-19-25(18-33(31-19)24-10-6-9-22(29)17-24)27(20-7-4-3-5-8-20)30-23-13-11-21(12-14-23)28(36)32(2)16-15-26(34)35;1-4(2)3/h6,9-14,17-18,20,27,30H,3-5,7-8,15-16H2,1-2H3,(H,34,35);. The summed E-state index contributed by atoms with van der Waals surface area (Å²) in [6.45, 7) is 2.22. The van der Waals surface area contributed by atoms with Crippen molar-refractivity contribution in [3.05, 3.63) is 76.6 Å². The molecule has 1 saturated carbocycles. The number of benzene rings is 2. The lowest BCUT2D eigenvalue weighted by atomic mass is 9.81. The maximum Gasteiger partial charge on any atom is 0.305 e. The number of hydrogen-bond acceptors (Lipinski definition) is 5. The molecule has 1 aromatic heterocycles. The van der Waals surface area contributed by atoms with Gasteiger partial charge in [-0.3, -0.25) is 9.59 Å². The molecule has 0 radical (unpaired) electrons. The van der Waals surface area contributed by atoms with Crippen molar-refractivity contribution in [2.45, 2.75) is 51.5 Å². The van der Waals surface area contributed by atoms with Gasteiger partial charge in [-0.2, -0.15) is 5.10 Å². The van der Waals surface area contributed by atoms with Crippen LogP contribution in [0.1, 0.15) is 66.2 Å². The first-order valence-corrected chi connectivity index (χ1v) is 16.1. The fraction of sp³-hybridized carbons (Fsp3) is 0.393. The number of carbonyl (C=O) groups excluding carboxylic acids is 1. The highest BCUT2D eigenvalue weighted by molar-refractivity contribution is 8.26. The molecule has 216 valence electrons. The highest BCUT2D eigenvalue weighted by atomic mass is 36.0. The number of aryl methyl sites for hydroxylation is 1. The molecule has 1 heterocycles. The van der Waals surface area contributed by atoms with Crippen LogP contribution < -0.4 is 5.32 Å². The lowest BCUT2D eigenvalue weighted by Crippen LogP contribution is -2.29. The monoisotopic (exact) mass is 626 g/mol. The Hall–Kier alpha value is -2.59. The van der Waals surface area contributed by atoms with Gasteiger partial charge in [-0.15, -0.1) is 0 Å². The van der Waals surface area contributed by atoms with Gasteiger partial charge in [0.25, 0.3) is 5.91 Å². The summed E-state index contributed by atoms with van der Waals surface area (Å²) in [7, 11) is 8.98. The number of aliphatic carboxylic acids is 1. The fourth-order valence-electron chi connectivity index (χ4n) is 4.92. The van der Waals surface area contributed by atoms with E-state index >= 15 is 0 Å². The normalized spacial score (nSPS) is 14.2. The van der Waals surface area contributed by atoms with Gasteiger partial charge < -0.3 is 15.3 Å². The largest absolute Gasteiger partial charge is 0.481 e. The summed E-state index contributed by atoms with van der Waals surface area (Å²) in [4.78, 5) is 24.9. The summed E-state index contributed by atoms with van der Waals surface area (Å²) >= 11 is 6.21. The van der Waals surface area contributed by atoms with Crippen LogP contribution in [0.2, 0.25) is 5.02 Å². The topological polar surface area (TPSA) is 105 Å². The Morgan fingerprint density at radius 3 is 2.40 bits per heavy atom. The molecule has 1 atom stereocenters.